The number of nitrogens with two attached hydrogens (primary N) is 1. The van der Waals surface area contributed by atoms with Gasteiger partial charge in [0.25, 0.3) is 0 Å². The van der Waals surface area contributed by atoms with Crippen LogP contribution in [0.4, 0.5) is 15.1 Å². The van der Waals surface area contributed by atoms with Crippen molar-refractivity contribution in [3.8, 4) is 5.88 Å². The van der Waals surface area contributed by atoms with Gasteiger partial charge in [-0.2, -0.15) is 9.97 Å². The molecule has 3 heterocycles. The topological polar surface area (TPSA) is 221 Å². The quantitative estimate of drug-likeness (QED) is 0.131. The first-order valence-corrected chi connectivity index (χ1v) is 15.5. The molecule has 2 aromatic rings. The Morgan fingerprint density at radius 1 is 1.23 bits per heavy atom. The van der Waals surface area contributed by atoms with Crippen molar-refractivity contribution in [2.24, 2.45) is 5.41 Å². The Labute approximate surface area is 253 Å². The van der Waals surface area contributed by atoms with Gasteiger partial charge >= 0.3 is 19.8 Å². The zero-order valence-corrected chi connectivity index (χ0v) is 26.6. The number of aliphatic hydroxyl groups is 1. The fourth-order valence-electron chi connectivity index (χ4n) is 4.28. The molecule has 0 radical (unpaired) electrons. The third-order valence-corrected chi connectivity index (χ3v) is 7.98. The maximum absolute atomic E-state index is 16.1. The number of esters is 1. The molecule has 0 aliphatic carbocycles. The molecule has 0 saturated carbocycles. The number of anilines is 1. The van der Waals surface area contributed by atoms with Gasteiger partial charge in [-0.05, 0) is 33.1 Å². The Bertz CT molecular complexity index is 1350. The molecule has 3 rings (SSSR count). The second-order valence-corrected chi connectivity index (χ2v) is 12.7. The number of carbonyl (C=O) groups is 2. The van der Waals surface area contributed by atoms with Gasteiger partial charge in [-0.1, -0.05) is 20.8 Å². The van der Waals surface area contributed by atoms with E-state index >= 15 is 4.39 Å². The summed E-state index contributed by atoms with van der Waals surface area (Å²) in [7, 11) is -4.53. The van der Waals surface area contributed by atoms with E-state index in [0.717, 1.165) is 6.92 Å². The molecule has 6 atom stereocenters. The average Bonchev–Trinajstić information content (AvgIpc) is 3.43. The maximum atomic E-state index is 16.1. The van der Waals surface area contributed by atoms with E-state index in [-0.39, 0.29) is 42.8 Å². The predicted octanol–water partition coefficient (Wildman–Crippen LogP) is 2.21. The summed E-state index contributed by atoms with van der Waals surface area (Å²) in [4.78, 5) is 36.8. The second-order valence-electron chi connectivity index (χ2n) is 10.9. The number of fused-ring (bicyclic) bond motifs is 1. The molecule has 248 valence electrons. The van der Waals surface area contributed by atoms with Crippen LogP contribution in [0.25, 0.3) is 11.2 Å². The predicted molar refractivity (Wildman–Crippen MR) is 153 cm³/mol. The van der Waals surface area contributed by atoms with Gasteiger partial charge in [0.1, 0.15) is 18.2 Å². The molecule has 6 unspecified atom stereocenters. The average molecular weight is 650 g/mol. The molecule has 19 heteroatoms. The van der Waals surface area contributed by atoms with Crippen molar-refractivity contribution in [3.05, 3.63) is 6.33 Å². The van der Waals surface area contributed by atoms with E-state index in [1.165, 1.54) is 10.9 Å². The molecule has 0 bridgehead atoms. The zero-order valence-electron chi connectivity index (χ0n) is 25.7. The Balaban J connectivity index is 1.86. The molecule has 1 fully saturated rings. The molecule has 0 aromatic carbocycles. The number of hydrogen-bond donors (Lipinski definition) is 4. The standard InChI is InChI=1S/C25H41FN7O10P/c1-8-28-23(36)40-13-42-44(37,32-16(24(4,5)6)20(35)39-10-3)41-11-14-17(34)25(7,26)21(43-14)33-12-29-15-18(33)30-22(27)31-19(15)38-9-2/h12,14,16-17,21,34H,8-11,13H2,1-7H3,(H,28,36)(H,32,37)(H2,27,30,31). The van der Waals surface area contributed by atoms with Gasteiger partial charge in [-0.3, -0.25) is 18.4 Å². The number of ether oxygens (including phenoxy) is 4. The number of aromatic nitrogens is 4. The Kier molecular flexibility index (Phi) is 11.5. The highest BCUT2D eigenvalue weighted by Gasteiger charge is 2.56. The number of alkyl halides is 1. The van der Waals surface area contributed by atoms with Crippen LogP contribution in [0.1, 0.15) is 54.7 Å². The largest absolute Gasteiger partial charge is 0.476 e. The number of rotatable bonds is 14. The number of alkyl carbamates (subject to hydrolysis) is 1. The second kappa shape index (κ2) is 14.3. The minimum Gasteiger partial charge on any atom is -0.476 e. The molecule has 44 heavy (non-hydrogen) atoms. The molecule has 0 spiro atoms. The lowest BCUT2D eigenvalue weighted by molar-refractivity contribution is -0.148. The molecule has 1 saturated heterocycles. The summed E-state index contributed by atoms with van der Waals surface area (Å²) < 4.78 is 63.3. The molecular formula is C25H41FN7O10P. The number of nitrogen functional groups attached to an aromatic ring is 1. The molecule has 1 aliphatic rings. The van der Waals surface area contributed by atoms with Crippen molar-refractivity contribution in [3.63, 3.8) is 0 Å². The van der Waals surface area contributed by atoms with Crippen molar-refractivity contribution in [1.29, 1.82) is 0 Å². The number of imidazole rings is 1. The van der Waals surface area contributed by atoms with Crippen LogP contribution in [0.5, 0.6) is 5.88 Å². The lowest BCUT2D eigenvalue weighted by Crippen LogP contribution is -2.47. The summed E-state index contributed by atoms with van der Waals surface area (Å²) in [6, 6.07) is -1.21. The van der Waals surface area contributed by atoms with Crippen LogP contribution in [0.3, 0.4) is 0 Å². The summed E-state index contributed by atoms with van der Waals surface area (Å²) in [6.45, 7) is 10.2. The van der Waals surface area contributed by atoms with Crippen molar-refractivity contribution in [2.45, 2.75) is 78.6 Å². The Hall–Kier alpha value is -3.15. The van der Waals surface area contributed by atoms with Crippen LogP contribution in [-0.2, 0) is 32.6 Å². The molecule has 17 nitrogen and oxygen atoms in total. The van der Waals surface area contributed by atoms with E-state index in [9.17, 15) is 19.3 Å². The Morgan fingerprint density at radius 2 is 1.93 bits per heavy atom. The summed E-state index contributed by atoms with van der Waals surface area (Å²) in [5, 5.41) is 15.8. The zero-order chi connectivity index (χ0) is 32.9. The van der Waals surface area contributed by atoms with Gasteiger partial charge in [0.2, 0.25) is 18.6 Å². The normalized spacial score (nSPS) is 24.1. The first-order chi connectivity index (χ1) is 20.6. The van der Waals surface area contributed by atoms with Crippen LogP contribution in [0.15, 0.2) is 6.33 Å². The smallest absolute Gasteiger partial charge is 0.409 e. The van der Waals surface area contributed by atoms with E-state index < -0.39 is 68.8 Å². The first kappa shape index (κ1) is 35.3. The number of amides is 1. The van der Waals surface area contributed by atoms with Gasteiger partial charge in [0.15, 0.2) is 23.1 Å². The highest BCUT2D eigenvalue weighted by molar-refractivity contribution is 7.51. The van der Waals surface area contributed by atoms with E-state index in [4.69, 9.17) is 33.7 Å². The van der Waals surface area contributed by atoms with Crippen molar-refractivity contribution in [1.82, 2.24) is 29.9 Å². The molecular weight excluding hydrogens is 608 g/mol. The highest BCUT2D eigenvalue weighted by Crippen LogP contribution is 2.49. The monoisotopic (exact) mass is 649 g/mol. The fraction of sp³-hybridized carbons (Fsp3) is 0.720. The summed E-state index contributed by atoms with van der Waals surface area (Å²) in [5.74, 6) is -0.817. The number of halogens is 1. The van der Waals surface area contributed by atoms with Gasteiger partial charge in [-0.15, -0.1) is 0 Å². The number of nitrogens with one attached hydrogen (secondary N) is 2. The van der Waals surface area contributed by atoms with E-state index in [1.54, 1.807) is 41.5 Å². The van der Waals surface area contributed by atoms with Gasteiger partial charge < -0.3 is 35.1 Å². The SMILES string of the molecule is CCNC(=O)OCOP(=O)(NC(C(=O)OCC)C(C)(C)C)OCC1OC(n2cnc3c(OCC)nc(N)nc32)C(C)(F)C1O. The van der Waals surface area contributed by atoms with Crippen molar-refractivity contribution in [2.75, 3.05) is 38.9 Å². The van der Waals surface area contributed by atoms with Crippen molar-refractivity contribution < 1.29 is 51.6 Å². The van der Waals surface area contributed by atoms with E-state index in [1.807, 2.05) is 0 Å². The van der Waals surface area contributed by atoms with Crippen LogP contribution in [0.2, 0.25) is 0 Å². The molecule has 5 N–H and O–H groups in total. The minimum absolute atomic E-state index is 0.0452. The number of hydrogen-bond acceptors (Lipinski definition) is 14. The third-order valence-electron chi connectivity index (χ3n) is 6.48. The summed E-state index contributed by atoms with van der Waals surface area (Å²) >= 11 is 0. The minimum atomic E-state index is -4.53. The molecule has 1 amide bonds. The van der Waals surface area contributed by atoms with Crippen LogP contribution in [-0.4, -0.2) is 93.8 Å². The summed E-state index contributed by atoms with van der Waals surface area (Å²) in [5.41, 5.74) is 2.80. The van der Waals surface area contributed by atoms with E-state index in [0.29, 0.717) is 0 Å². The number of carbonyl (C=O) groups excluding carboxylic acids is 2. The third kappa shape index (κ3) is 8.11. The van der Waals surface area contributed by atoms with E-state index in [2.05, 4.69) is 25.4 Å². The maximum Gasteiger partial charge on any atom is 0.409 e. The lowest BCUT2D eigenvalue weighted by atomic mass is 9.87. The van der Waals surface area contributed by atoms with Gasteiger partial charge in [0.05, 0.1) is 26.1 Å². The van der Waals surface area contributed by atoms with Gasteiger partial charge in [0, 0.05) is 6.54 Å². The van der Waals surface area contributed by atoms with Gasteiger partial charge in [-0.25, -0.2) is 23.8 Å². The van der Waals surface area contributed by atoms with Crippen LogP contribution in [0, 0.1) is 5.41 Å². The number of aliphatic hydroxyl groups excluding tert-OH is 1. The summed E-state index contributed by atoms with van der Waals surface area (Å²) in [6.07, 6.45) is -4.32. The highest BCUT2D eigenvalue weighted by atomic mass is 31.2. The Morgan fingerprint density at radius 3 is 2.55 bits per heavy atom. The molecule has 1 aliphatic heterocycles. The first-order valence-electron chi connectivity index (χ1n) is 14.0. The van der Waals surface area contributed by atoms with Crippen LogP contribution < -0.4 is 20.9 Å². The molecule has 2 aromatic heterocycles. The van der Waals surface area contributed by atoms with Crippen molar-refractivity contribution >= 4 is 36.9 Å². The fourth-order valence-corrected chi connectivity index (χ4v) is 5.85. The van der Waals surface area contributed by atoms with Crippen LogP contribution >= 0.6 is 7.75 Å². The number of nitrogens with zero attached hydrogens (tertiary/aromatic N) is 4. The lowest BCUT2D eigenvalue weighted by Gasteiger charge is -2.32.